The van der Waals surface area contributed by atoms with Gasteiger partial charge in [-0.2, -0.15) is 0 Å². The number of fused-ring (bicyclic) bond motifs is 1. The molecule has 0 N–H and O–H groups in total. The summed E-state index contributed by atoms with van der Waals surface area (Å²) in [4.78, 5) is 13.4. The van der Waals surface area contributed by atoms with E-state index in [4.69, 9.17) is 0 Å². The van der Waals surface area contributed by atoms with Gasteiger partial charge < -0.3 is 0 Å². The van der Waals surface area contributed by atoms with Crippen molar-refractivity contribution >= 4 is 38.3 Å². The average Bonchev–Trinajstić information content (AvgIpc) is 3.11. The van der Waals surface area contributed by atoms with Crippen molar-refractivity contribution < 1.29 is 0 Å². The highest BCUT2D eigenvalue weighted by molar-refractivity contribution is 9.10. The zero-order valence-electron chi connectivity index (χ0n) is 12.7. The molecule has 0 radical (unpaired) electrons. The number of rotatable bonds is 2. The Morgan fingerprint density at radius 3 is 2.58 bits per heavy atom. The summed E-state index contributed by atoms with van der Waals surface area (Å²) in [5.41, 5.74) is 2.95. The Kier molecular flexibility index (Phi) is 3.78. The molecule has 0 spiro atoms. The van der Waals surface area contributed by atoms with E-state index in [0.717, 1.165) is 15.6 Å². The van der Waals surface area contributed by atoms with E-state index < -0.39 is 0 Å². The van der Waals surface area contributed by atoms with E-state index in [1.54, 1.807) is 4.40 Å². The van der Waals surface area contributed by atoms with Crippen LogP contribution in [0.3, 0.4) is 0 Å². The van der Waals surface area contributed by atoms with Crippen LogP contribution in [-0.2, 0) is 0 Å². The van der Waals surface area contributed by atoms with Gasteiger partial charge in [0.15, 0.2) is 5.82 Å². The average molecular weight is 398 g/mol. The minimum atomic E-state index is -0.0914. The molecule has 24 heavy (non-hydrogen) atoms. The summed E-state index contributed by atoms with van der Waals surface area (Å²) in [6, 6.07) is 15.7. The Bertz CT molecular complexity index is 1150. The number of benzene rings is 2. The van der Waals surface area contributed by atoms with Gasteiger partial charge in [0.25, 0.3) is 5.56 Å². The Morgan fingerprint density at radius 2 is 1.83 bits per heavy atom. The summed E-state index contributed by atoms with van der Waals surface area (Å²) >= 11 is 4.86. The molecule has 6 heteroatoms. The van der Waals surface area contributed by atoms with Gasteiger partial charge in [-0.3, -0.25) is 4.79 Å². The second kappa shape index (κ2) is 5.96. The lowest BCUT2D eigenvalue weighted by Crippen LogP contribution is -2.23. The van der Waals surface area contributed by atoms with Crippen molar-refractivity contribution in [3.8, 4) is 11.4 Å². The first-order chi connectivity index (χ1) is 11.6. The maximum Gasteiger partial charge on any atom is 0.276 e. The highest BCUT2D eigenvalue weighted by Crippen LogP contribution is 2.26. The van der Waals surface area contributed by atoms with Gasteiger partial charge in [0.2, 0.25) is 4.96 Å². The molecule has 0 unspecified atom stereocenters. The van der Waals surface area contributed by atoms with E-state index in [1.165, 1.54) is 16.9 Å². The van der Waals surface area contributed by atoms with E-state index >= 15 is 0 Å². The quantitative estimate of drug-likeness (QED) is 0.520. The molecule has 0 atom stereocenters. The van der Waals surface area contributed by atoms with Crippen LogP contribution in [0.4, 0.5) is 0 Å². The molecule has 2 heterocycles. The number of hydrogen-bond donors (Lipinski definition) is 0. The van der Waals surface area contributed by atoms with Crippen LogP contribution in [0.15, 0.2) is 57.8 Å². The highest BCUT2D eigenvalue weighted by atomic mass is 79.9. The van der Waals surface area contributed by atoms with Gasteiger partial charge in [-0.05, 0) is 24.6 Å². The summed E-state index contributed by atoms with van der Waals surface area (Å²) in [6.07, 6.45) is 1.89. The van der Waals surface area contributed by atoms with E-state index in [1.807, 2.05) is 61.5 Å². The van der Waals surface area contributed by atoms with Crippen LogP contribution in [-0.4, -0.2) is 14.6 Å². The predicted molar refractivity (Wildman–Crippen MR) is 100 cm³/mol. The fourth-order valence-corrected chi connectivity index (χ4v) is 3.87. The molecule has 4 nitrogen and oxygen atoms in total. The second-order valence-electron chi connectivity index (χ2n) is 5.45. The Labute approximate surface area is 150 Å². The van der Waals surface area contributed by atoms with Crippen LogP contribution in [0.1, 0.15) is 11.1 Å². The van der Waals surface area contributed by atoms with Gasteiger partial charge in [0, 0.05) is 10.0 Å². The van der Waals surface area contributed by atoms with Crippen LogP contribution >= 0.6 is 27.3 Å². The summed E-state index contributed by atoms with van der Waals surface area (Å²) < 4.78 is 3.11. The maximum atomic E-state index is 12.8. The molecule has 0 fully saturated rings. The topological polar surface area (TPSA) is 47.3 Å². The smallest absolute Gasteiger partial charge is 0.267 e. The Hall–Kier alpha value is -2.31. The van der Waals surface area contributed by atoms with E-state index in [2.05, 4.69) is 26.1 Å². The maximum absolute atomic E-state index is 12.8. The summed E-state index contributed by atoms with van der Waals surface area (Å²) in [7, 11) is 0. The van der Waals surface area contributed by atoms with Crippen molar-refractivity contribution in [2.24, 2.45) is 0 Å². The monoisotopic (exact) mass is 397 g/mol. The molecular formula is C18H12BrN3OS. The number of halogens is 1. The number of nitrogens with zero attached hydrogens (tertiary/aromatic N) is 3. The normalized spacial score (nSPS) is 12.2. The first-order valence-electron chi connectivity index (χ1n) is 7.35. The van der Waals surface area contributed by atoms with Gasteiger partial charge in [0.1, 0.15) is 0 Å². The minimum Gasteiger partial charge on any atom is -0.267 e. The van der Waals surface area contributed by atoms with Crippen LogP contribution in [0.25, 0.3) is 22.4 Å². The molecule has 0 saturated carbocycles. The van der Waals surface area contributed by atoms with Crippen LogP contribution in [0.2, 0.25) is 0 Å². The molecule has 2 aromatic carbocycles. The van der Waals surface area contributed by atoms with Crippen LogP contribution in [0.5, 0.6) is 0 Å². The lowest BCUT2D eigenvalue weighted by molar-refractivity contribution is 1.09. The lowest BCUT2D eigenvalue weighted by atomic mass is 10.1. The molecule has 0 bridgehead atoms. The largest absolute Gasteiger partial charge is 0.276 e. The second-order valence-corrected chi connectivity index (χ2v) is 7.31. The fraction of sp³-hybridized carbons (Fsp3) is 0.0556. The van der Waals surface area contributed by atoms with Crippen molar-refractivity contribution in [1.82, 2.24) is 14.6 Å². The lowest BCUT2D eigenvalue weighted by Gasteiger charge is -1.99. The Morgan fingerprint density at radius 1 is 1.08 bits per heavy atom. The minimum absolute atomic E-state index is 0.0914. The number of aromatic nitrogens is 3. The molecule has 4 aromatic rings. The predicted octanol–water partition coefficient (Wildman–Crippen LogP) is 3.44. The van der Waals surface area contributed by atoms with Crippen molar-refractivity contribution in [2.75, 3.05) is 0 Å². The van der Waals surface area contributed by atoms with Crippen molar-refractivity contribution in [3.05, 3.63) is 79.0 Å². The molecule has 0 aliphatic rings. The number of aryl methyl sites for hydroxylation is 1. The zero-order valence-corrected chi connectivity index (χ0v) is 15.1. The molecule has 2 aromatic heterocycles. The van der Waals surface area contributed by atoms with E-state index in [0.29, 0.717) is 15.3 Å². The molecule has 0 saturated heterocycles. The first kappa shape index (κ1) is 15.2. The van der Waals surface area contributed by atoms with E-state index in [9.17, 15) is 4.79 Å². The SMILES string of the molecule is Cc1ccc(/C=c2\sc3nnc(-c4ccccc4Br)n3c2=O)cc1. The summed E-state index contributed by atoms with van der Waals surface area (Å²) in [5, 5.41) is 8.35. The third-order valence-electron chi connectivity index (χ3n) is 3.74. The molecule has 4 rings (SSSR count). The molecular weight excluding hydrogens is 386 g/mol. The van der Waals surface area contributed by atoms with Crippen molar-refractivity contribution in [1.29, 1.82) is 0 Å². The van der Waals surface area contributed by atoms with Gasteiger partial charge in [-0.15, -0.1) is 10.2 Å². The van der Waals surface area contributed by atoms with Crippen molar-refractivity contribution in [2.45, 2.75) is 6.92 Å². The van der Waals surface area contributed by atoms with Crippen molar-refractivity contribution in [3.63, 3.8) is 0 Å². The standard InChI is InChI=1S/C18H12BrN3OS/c1-11-6-8-12(9-7-11)10-15-17(23)22-16(20-21-18(22)24-15)13-4-2-3-5-14(13)19/h2-10H,1H3/b15-10-. The third kappa shape index (κ3) is 2.57. The fourth-order valence-electron chi connectivity index (χ4n) is 2.49. The summed E-state index contributed by atoms with van der Waals surface area (Å²) in [5.74, 6) is 0.558. The number of thiazole rings is 1. The molecule has 0 aliphatic carbocycles. The van der Waals surface area contributed by atoms with E-state index in [-0.39, 0.29) is 5.56 Å². The summed E-state index contributed by atoms with van der Waals surface area (Å²) in [6.45, 7) is 2.04. The zero-order chi connectivity index (χ0) is 16.7. The first-order valence-corrected chi connectivity index (χ1v) is 8.95. The molecule has 0 amide bonds. The highest BCUT2D eigenvalue weighted by Gasteiger charge is 2.15. The number of hydrogen-bond acceptors (Lipinski definition) is 4. The molecule has 0 aliphatic heterocycles. The van der Waals surface area contributed by atoms with Gasteiger partial charge in [0.05, 0.1) is 4.53 Å². The Balaban J connectivity index is 1.93. The van der Waals surface area contributed by atoms with Crippen LogP contribution in [0, 0.1) is 6.92 Å². The third-order valence-corrected chi connectivity index (χ3v) is 5.39. The van der Waals surface area contributed by atoms with Crippen LogP contribution < -0.4 is 10.1 Å². The van der Waals surface area contributed by atoms with Gasteiger partial charge >= 0.3 is 0 Å². The molecule has 118 valence electrons. The van der Waals surface area contributed by atoms with Gasteiger partial charge in [-0.1, -0.05) is 75.3 Å². The van der Waals surface area contributed by atoms with Gasteiger partial charge in [-0.25, -0.2) is 4.40 Å².